The summed E-state index contributed by atoms with van der Waals surface area (Å²) in [7, 11) is 0. The summed E-state index contributed by atoms with van der Waals surface area (Å²) < 4.78 is 3.81. The van der Waals surface area contributed by atoms with Crippen LogP contribution in [0.2, 0.25) is 0 Å². The van der Waals surface area contributed by atoms with Crippen molar-refractivity contribution in [1.82, 2.24) is 24.3 Å². The van der Waals surface area contributed by atoms with E-state index in [1.165, 1.54) is 44.9 Å². The van der Waals surface area contributed by atoms with Crippen molar-refractivity contribution in [2.75, 3.05) is 13.1 Å². The summed E-state index contributed by atoms with van der Waals surface area (Å²) in [5.74, 6) is 0.577. The average molecular weight is 412 g/mol. The van der Waals surface area contributed by atoms with Crippen molar-refractivity contribution in [3.8, 4) is 0 Å². The second-order valence-electron chi connectivity index (χ2n) is 9.43. The Kier molecular flexibility index (Phi) is 5.52. The zero-order valence-electron chi connectivity index (χ0n) is 17.8. The number of amides is 2. The topological polar surface area (TPSA) is 72.2 Å². The van der Waals surface area contributed by atoms with Gasteiger partial charge in [-0.25, -0.2) is 14.6 Å². The fraction of sp³-hybridized carbons (Fsp3) is 0.696. The maximum absolute atomic E-state index is 13.5. The first-order chi connectivity index (χ1) is 14.7. The highest BCUT2D eigenvalue weighted by Crippen LogP contribution is 2.28. The minimum absolute atomic E-state index is 0.00293. The van der Waals surface area contributed by atoms with E-state index in [4.69, 9.17) is 0 Å². The molecule has 2 amide bonds. The van der Waals surface area contributed by atoms with Crippen LogP contribution in [0.4, 0.5) is 4.79 Å². The molecule has 7 nitrogen and oxygen atoms in total. The van der Waals surface area contributed by atoms with Crippen LogP contribution >= 0.6 is 0 Å². The van der Waals surface area contributed by atoms with Crippen molar-refractivity contribution >= 4 is 17.2 Å². The molecule has 5 rings (SSSR count). The number of pyridine rings is 1. The number of hydrogen-bond acceptors (Lipinski definition) is 3. The number of imidazole rings is 1. The zero-order chi connectivity index (χ0) is 20.5. The minimum Gasteiger partial charge on any atom is -0.335 e. The van der Waals surface area contributed by atoms with Crippen LogP contribution in [-0.4, -0.2) is 44.2 Å². The fourth-order valence-electron chi connectivity index (χ4n) is 5.72. The molecule has 2 aromatic rings. The van der Waals surface area contributed by atoms with Gasteiger partial charge in [-0.15, -0.1) is 0 Å². The van der Waals surface area contributed by atoms with Crippen molar-refractivity contribution in [2.24, 2.45) is 5.92 Å². The summed E-state index contributed by atoms with van der Waals surface area (Å²) in [5.41, 5.74) is 1.74. The smallest absolute Gasteiger partial charge is 0.330 e. The normalized spacial score (nSPS) is 23.5. The van der Waals surface area contributed by atoms with E-state index in [1.54, 1.807) is 6.20 Å². The summed E-state index contributed by atoms with van der Waals surface area (Å²) in [6.07, 6.45) is 13.4. The molecule has 0 bridgehead atoms. The van der Waals surface area contributed by atoms with Crippen molar-refractivity contribution in [1.29, 1.82) is 0 Å². The number of nitrogens with zero attached hydrogens (tertiary/aromatic N) is 4. The Hall–Kier alpha value is -2.31. The van der Waals surface area contributed by atoms with Crippen molar-refractivity contribution in [3.05, 3.63) is 28.8 Å². The van der Waals surface area contributed by atoms with E-state index in [0.717, 1.165) is 37.0 Å². The number of fused-ring (bicyclic) bond motifs is 1. The molecule has 3 fully saturated rings. The molecule has 2 aliphatic carbocycles. The molecule has 30 heavy (non-hydrogen) atoms. The summed E-state index contributed by atoms with van der Waals surface area (Å²) >= 11 is 0. The minimum atomic E-state index is -0.00293. The number of carbonyl (C=O) groups excluding carboxylic acids is 1. The number of aromatic nitrogens is 3. The molecular weight excluding hydrogens is 378 g/mol. The largest absolute Gasteiger partial charge is 0.335 e. The molecule has 0 unspecified atom stereocenters. The summed E-state index contributed by atoms with van der Waals surface area (Å²) in [5, 5.41) is 3.18. The SMILES string of the molecule is O=C(NC1CCCC1)N1CC[C@@H](n2c(=O)n(CC3CCCCC3)c3cccnc32)C1. The van der Waals surface area contributed by atoms with Gasteiger partial charge in [-0.3, -0.25) is 9.13 Å². The quantitative estimate of drug-likeness (QED) is 0.834. The molecule has 1 atom stereocenters. The van der Waals surface area contributed by atoms with Gasteiger partial charge in [0.25, 0.3) is 0 Å². The standard InChI is InChI=1S/C23H33N5O2/c29-22(25-18-9-4-5-10-18)26-14-12-19(16-26)28-21-20(11-6-13-24-21)27(23(28)30)15-17-7-2-1-3-8-17/h6,11,13,17-19H,1-5,7-10,12,14-16H2,(H,25,29)/t19-/m1/s1. The Morgan fingerprint density at radius 2 is 1.83 bits per heavy atom. The summed E-state index contributed by atoms with van der Waals surface area (Å²) in [6, 6.07) is 4.27. The molecule has 162 valence electrons. The van der Waals surface area contributed by atoms with Gasteiger partial charge < -0.3 is 10.2 Å². The van der Waals surface area contributed by atoms with Crippen LogP contribution in [0.25, 0.3) is 11.2 Å². The molecule has 3 aliphatic rings. The highest BCUT2D eigenvalue weighted by atomic mass is 16.2. The third-order valence-electron chi connectivity index (χ3n) is 7.39. The lowest BCUT2D eigenvalue weighted by Crippen LogP contribution is -2.43. The van der Waals surface area contributed by atoms with E-state index in [1.807, 2.05) is 26.2 Å². The monoisotopic (exact) mass is 411 g/mol. The maximum atomic E-state index is 13.5. The lowest BCUT2D eigenvalue weighted by Gasteiger charge is -2.22. The summed E-state index contributed by atoms with van der Waals surface area (Å²) in [6.45, 7) is 2.06. The molecular formula is C23H33N5O2. The highest BCUT2D eigenvalue weighted by molar-refractivity contribution is 5.75. The van der Waals surface area contributed by atoms with Crippen LogP contribution in [0.5, 0.6) is 0 Å². The van der Waals surface area contributed by atoms with E-state index >= 15 is 0 Å². The molecule has 1 saturated heterocycles. The van der Waals surface area contributed by atoms with E-state index in [0.29, 0.717) is 25.0 Å². The van der Waals surface area contributed by atoms with Gasteiger partial charge in [-0.2, -0.15) is 0 Å². The first-order valence-electron chi connectivity index (χ1n) is 11.8. The van der Waals surface area contributed by atoms with Gasteiger partial charge in [-0.1, -0.05) is 32.1 Å². The zero-order valence-corrected chi connectivity index (χ0v) is 17.8. The lowest BCUT2D eigenvalue weighted by molar-refractivity contribution is 0.203. The Labute approximate surface area is 177 Å². The predicted molar refractivity (Wildman–Crippen MR) is 117 cm³/mol. The Morgan fingerprint density at radius 3 is 2.63 bits per heavy atom. The number of urea groups is 1. The van der Waals surface area contributed by atoms with E-state index in [2.05, 4.69) is 10.3 Å². The molecule has 1 N–H and O–H groups in total. The van der Waals surface area contributed by atoms with Gasteiger partial charge in [-0.05, 0) is 50.2 Å². The molecule has 2 saturated carbocycles. The first kappa shape index (κ1) is 19.6. The molecule has 3 heterocycles. The van der Waals surface area contributed by atoms with E-state index in [9.17, 15) is 9.59 Å². The molecule has 1 aliphatic heterocycles. The molecule has 2 aromatic heterocycles. The predicted octanol–water partition coefficient (Wildman–Crippen LogP) is 3.68. The van der Waals surface area contributed by atoms with Crippen LogP contribution < -0.4 is 11.0 Å². The van der Waals surface area contributed by atoms with Gasteiger partial charge >= 0.3 is 11.7 Å². The van der Waals surface area contributed by atoms with E-state index < -0.39 is 0 Å². The average Bonchev–Trinajstić information content (AvgIpc) is 3.50. The van der Waals surface area contributed by atoms with Crippen molar-refractivity contribution < 1.29 is 4.79 Å². The third kappa shape index (κ3) is 3.74. The summed E-state index contributed by atoms with van der Waals surface area (Å²) in [4.78, 5) is 32.6. The van der Waals surface area contributed by atoms with Crippen LogP contribution in [-0.2, 0) is 6.54 Å². The van der Waals surface area contributed by atoms with E-state index in [-0.39, 0.29) is 17.8 Å². The maximum Gasteiger partial charge on any atom is 0.330 e. The van der Waals surface area contributed by atoms with Gasteiger partial charge in [0, 0.05) is 31.9 Å². The van der Waals surface area contributed by atoms with Crippen LogP contribution in [0, 0.1) is 5.92 Å². The van der Waals surface area contributed by atoms with Gasteiger partial charge in [0.2, 0.25) is 0 Å². The third-order valence-corrected chi connectivity index (χ3v) is 7.39. The number of nitrogens with one attached hydrogen (secondary N) is 1. The molecule has 0 radical (unpaired) electrons. The van der Waals surface area contributed by atoms with Gasteiger partial charge in [0.15, 0.2) is 5.65 Å². The van der Waals surface area contributed by atoms with Crippen LogP contribution in [0.15, 0.2) is 23.1 Å². The molecule has 0 spiro atoms. The fourth-order valence-corrected chi connectivity index (χ4v) is 5.72. The van der Waals surface area contributed by atoms with Crippen LogP contribution in [0.3, 0.4) is 0 Å². The Morgan fingerprint density at radius 1 is 1.07 bits per heavy atom. The number of likely N-dealkylation sites (tertiary alicyclic amines) is 1. The lowest BCUT2D eigenvalue weighted by atomic mass is 9.89. The Balaban J connectivity index is 1.37. The molecule has 7 heteroatoms. The number of hydrogen-bond donors (Lipinski definition) is 1. The van der Waals surface area contributed by atoms with Crippen molar-refractivity contribution in [2.45, 2.75) is 82.8 Å². The highest BCUT2D eigenvalue weighted by Gasteiger charge is 2.32. The van der Waals surface area contributed by atoms with Crippen LogP contribution in [0.1, 0.15) is 70.3 Å². The second-order valence-corrected chi connectivity index (χ2v) is 9.43. The number of rotatable bonds is 4. The van der Waals surface area contributed by atoms with Crippen molar-refractivity contribution in [3.63, 3.8) is 0 Å². The van der Waals surface area contributed by atoms with Gasteiger partial charge in [0.1, 0.15) is 0 Å². The second kappa shape index (κ2) is 8.44. The Bertz CT molecular complexity index is 952. The molecule has 0 aromatic carbocycles. The first-order valence-corrected chi connectivity index (χ1v) is 11.8. The number of carbonyl (C=O) groups is 1. The van der Waals surface area contributed by atoms with Gasteiger partial charge in [0.05, 0.1) is 11.6 Å².